The molecule has 2 rings (SSSR count). The van der Waals surface area contributed by atoms with Crippen molar-refractivity contribution in [3.8, 4) is 0 Å². The normalized spacial score (nSPS) is 25.6. The minimum atomic E-state index is -2.98. The van der Waals surface area contributed by atoms with Crippen molar-refractivity contribution in [2.24, 2.45) is 0 Å². The summed E-state index contributed by atoms with van der Waals surface area (Å²) in [4.78, 5) is 2.25. The quantitative estimate of drug-likeness (QED) is 0.705. The minimum absolute atomic E-state index is 0.0768. The van der Waals surface area contributed by atoms with Gasteiger partial charge in [0.25, 0.3) is 0 Å². The molecule has 0 radical (unpaired) electrons. The molecule has 0 atom stereocenters. The van der Waals surface area contributed by atoms with E-state index >= 15 is 0 Å². The van der Waals surface area contributed by atoms with Crippen LogP contribution in [0.5, 0.6) is 0 Å². The fraction of sp³-hybridized carbons (Fsp3) is 1.00. The molecule has 1 heterocycles. The maximum atomic E-state index is 12.0. The molecule has 0 bridgehead atoms. The average Bonchev–Trinajstić information content (AvgIpc) is 3.06. The van der Waals surface area contributed by atoms with Gasteiger partial charge in [-0.1, -0.05) is 0 Å². The molecule has 16 heavy (non-hydrogen) atoms. The Hall–Kier alpha value is 0.160. The number of rotatable bonds is 4. The number of sulfonamides is 1. The van der Waals surface area contributed by atoms with E-state index in [4.69, 9.17) is 11.6 Å². The molecular weight excluding hydrogens is 248 g/mol. The molecule has 4 nitrogen and oxygen atoms in total. The van der Waals surface area contributed by atoms with Crippen LogP contribution < -0.4 is 0 Å². The van der Waals surface area contributed by atoms with E-state index in [1.807, 2.05) is 0 Å². The maximum absolute atomic E-state index is 12.0. The van der Waals surface area contributed by atoms with Crippen molar-refractivity contribution >= 4 is 21.6 Å². The first kappa shape index (κ1) is 12.6. The number of nitrogens with zero attached hydrogens (tertiary/aromatic N) is 2. The van der Waals surface area contributed by atoms with Crippen molar-refractivity contribution in [1.29, 1.82) is 0 Å². The van der Waals surface area contributed by atoms with E-state index in [0.717, 1.165) is 38.9 Å². The Morgan fingerprint density at radius 3 is 2.50 bits per heavy atom. The van der Waals surface area contributed by atoms with Crippen LogP contribution in [0.4, 0.5) is 0 Å². The summed E-state index contributed by atoms with van der Waals surface area (Å²) < 4.78 is 25.8. The molecule has 1 saturated carbocycles. The van der Waals surface area contributed by atoms with Crippen LogP contribution in [0, 0.1) is 0 Å². The molecule has 0 unspecified atom stereocenters. The molecule has 94 valence electrons. The molecule has 1 aliphatic carbocycles. The summed E-state index contributed by atoms with van der Waals surface area (Å²) in [5, 5.41) is -0.0768. The first-order valence-corrected chi connectivity index (χ1v) is 7.95. The van der Waals surface area contributed by atoms with Gasteiger partial charge in [-0.15, -0.1) is 11.6 Å². The lowest BCUT2D eigenvalue weighted by Crippen LogP contribution is -2.37. The standard InChI is InChI=1S/C10H19ClN2O2S/c11-4-7-12-5-1-6-13(9-8-12)16(14,15)10-2-3-10/h10H,1-9H2. The van der Waals surface area contributed by atoms with E-state index in [1.54, 1.807) is 4.31 Å². The number of alkyl halides is 1. The van der Waals surface area contributed by atoms with Crippen LogP contribution in [0.15, 0.2) is 0 Å². The smallest absolute Gasteiger partial charge is 0.217 e. The van der Waals surface area contributed by atoms with E-state index in [1.165, 1.54) is 0 Å². The van der Waals surface area contributed by atoms with Crippen LogP contribution in [0.3, 0.4) is 0 Å². The van der Waals surface area contributed by atoms with Gasteiger partial charge in [0, 0.05) is 32.1 Å². The predicted molar refractivity (Wildman–Crippen MR) is 65.3 cm³/mol. The van der Waals surface area contributed by atoms with E-state index in [0.29, 0.717) is 19.0 Å². The molecule has 1 saturated heterocycles. The highest BCUT2D eigenvalue weighted by molar-refractivity contribution is 7.90. The van der Waals surface area contributed by atoms with Gasteiger partial charge in [-0.2, -0.15) is 0 Å². The van der Waals surface area contributed by atoms with Gasteiger partial charge in [0.2, 0.25) is 10.0 Å². The Kier molecular flexibility index (Phi) is 4.11. The van der Waals surface area contributed by atoms with Gasteiger partial charge in [-0.05, 0) is 25.8 Å². The Bertz CT molecular complexity index is 330. The number of halogens is 1. The minimum Gasteiger partial charge on any atom is -0.301 e. The number of hydrogen-bond acceptors (Lipinski definition) is 3. The lowest BCUT2D eigenvalue weighted by atomic mass is 10.4. The Balaban J connectivity index is 1.93. The van der Waals surface area contributed by atoms with Crippen LogP contribution in [0.2, 0.25) is 0 Å². The fourth-order valence-electron chi connectivity index (χ4n) is 2.12. The summed E-state index contributed by atoms with van der Waals surface area (Å²) in [5.41, 5.74) is 0. The average molecular weight is 267 g/mol. The summed E-state index contributed by atoms with van der Waals surface area (Å²) in [6, 6.07) is 0. The number of hydrogen-bond donors (Lipinski definition) is 0. The third-order valence-electron chi connectivity index (χ3n) is 3.25. The molecule has 0 aromatic rings. The molecule has 0 spiro atoms. The van der Waals surface area contributed by atoms with Gasteiger partial charge in [-0.25, -0.2) is 12.7 Å². The van der Waals surface area contributed by atoms with E-state index in [2.05, 4.69) is 4.90 Å². The van der Waals surface area contributed by atoms with E-state index < -0.39 is 10.0 Å². The van der Waals surface area contributed by atoms with Gasteiger partial charge in [0.15, 0.2) is 0 Å². The van der Waals surface area contributed by atoms with E-state index in [9.17, 15) is 8.42 Å². The van der Waals surface area contributed by atoms with Crippen LogP contribution in [-0.2, 0) is 10.0 Å². The van der Waals surface area contributed by atoms with Crippen LogP contribution in [0.1, 0.15) is 19.3 Å². The predicted octanol–water partition coefficient (Wildman–Crippen LogP) is 0.725. The van der Waals surface area contributed by atoms with E-state index in [-0.39, 0.29) is 5.25 Å². The zero-order valence-corrected chi connectivity index (χ0v) is 11.0. The first-order chi connectivity index (χ1) is 7.64. The van der Waals surface area contributed by atoms with Crippen LogP contribution >= 0.6 is 11.6 Å². The van der Waals surface area contributed by atoms with Crippen LogP contribution in [-0.4, -0.2) is 61.5 Å². The summed E-state index contributed by atoms with van der Waals surface area (Å²) >= 11 is 5.70. The maximum Gasteiger partial charge on any atom is 0.217 e. The monoisotopic (exact) mass is 266 g/mol. The lowest BCUT2D eigenvalue weighted by Gasteiger charge is -2.20. The second-order valence-electron chi connectivity index (χ2n) is 4.53. The Labute approximate surface area is 103 Å². The van der Waals surface area contributed by atoms with Gasteiger partial charge >= 0.3 is 0 Å². The third kappa shape index (κ3) is 2.88. The highest BCUT2D eigenvalue weighted by Crippen LogP contribution is 2.31. The molecule has 0 N–H and O–H groups in total. The zero-order chi connectivity index (χ0) is 11.6. The first-order valence-electron chi connectivity index (χ1n) is 5.92. The van der Waals surface area contributed by atoms with Crippen molar-refractivity contribution in [3.05, 3.63) is 0 Å². The summed E-state index contributed by atoms with van der Waals surface area (Å²) in [5.74, 6) is 0.620. The fourth-order valence-corrected chi connectivity index (χ4v) is 4.23. The van der Waals surface area contributed by atoms with Gasteiger partial charge in [-0.3, -0.25) is 0 Å². The SMILES string of the molecule is O=S(=O)(C1CC1)N1CCCN(CCCl)CC1. The third-order valence-corrected chi connectivity index (χ3v) is 5.82. The van der Waals surface area contributed by atoms with Crippen molar-refractivity contribution < 1.29 is 8.42 Å². The summed E-state index contributed by atoms with van der Waals surface area (Å²) in [6.45, 7) is 3.95. The second kappa shape index (κ2) is 5.21. The van der Waals surface area contributed by atoms with Gasteiger partial charge in [0.05, 0.1) is 5.25 Å². The van der Waals surface area contributed by atoms with Crippen LogP contribution in [0.25, 0.3) is 0 Å². The molecule has 0 aromatic heterocycles. The Morgan fingerprint density at radius 2 is 1.88 bits per heavy atom. The molecule has 6 heteroatoms. The lowest BCUT2D eigenvalue weighted by molar-refractivity contribution is 0.303. The molecule has 1 aliphatic heterocycles. The second-order valence-corrected chi connectivity index (χ2v) is 7.12. The summed E-state index contributed by atoms with van der Waals surface area (Å²) in [6.07, 6.45) is 2.62. The highest BCUT2D eigenvalue weighted by Gasteiger charge is 2.40. The van der Waals surface area contributed by atoms with Crippen molar-refractivity contribution in [3.63, 3.8) is 0 Å². The molecule has 0 amide bonds. The topological polar surface area (TPSA) is 40.6 Å². The Morgan fingerprint density at radius 1 is 1.12 bits per heavy atom. The molecule has 2 aliphatic rings. The van der Waals surface area contributed by atoms with Crippen molar-refractivity contribution in [2.75, 3.05) is 38.6 Å². The molecule has 2 fully saturated rings. The van der Waals surface area contributed by atoms with Crippen molar-refractivity contribution in [2.45, 2.75) is 24.5 Å². The zero-order valence-electron chi connectivity index (χ0n) is 9.44. The van der Waals surface area contributed by atoms with Gasteiger partial charge < -0.3 is 4.90 Å². The molecular formula is C10H19ClN2O2S. The molecule has 0 aromatic carbocycles. The van der Waals surface area contributed by atoms with Gasteiger partial charge in [0.1, 0.15) is 0 Å². The largest absolute Gasteiger partial charge is 0.301 e. The van der Waals surface area contributed by atoms with Crippen molar-refractivity contribution in [1.82, 2.24) is 9.21 Å². The highest BCUT2D eigenvalue weighted by atomic mass is 35.5. The summed E-state index contributed by atoms with van der Waals surface area (Å²) in [7, 11) is -2.98.